The minimum Gasteiger partial charge on any atom is -0.497 e. The lowest BCUT2D eigenvalue weighted by Crippen LogP contribution is -2.16. The van der Waals surface area contributed by atoms with E-state index in [1.54, 1.807) is 13.2 Å². The number of benzene rings is 2. The molecule has 164 valence electrons. The Morgan fingerprint density at radius 3 is 2.64 bits per heavy atom. The van der Waals surface area contributed by atoms with Gasteiger partial charge < -0.3 is 9.47 Å². The number of carbonyl (C=O) groups excluding carboxylic acids is 1. The number of methoxy groups -OCH3 is 1. The third-order valence-electron chi connectivity index (χ3n) is 5.30. The van der Waals surface area contributed by atoms with Gasteiger partial charge in [-0.1, -0.05) is 18.2 Å². The predicted molar refractivity (Wildman–Crippen MR) is 127 cm³/mol. The van der Waals surface area contributed by atoms with Crippen molar-refractivity contribution in [3.05, 3.63) is 93.3 Å². The number of hydrogen-bond acceptors (Lipinski definition) is 7. The Hall–Kier alpha value is -4.04. The molecule has 8 heteroatoms. The number of esters is 1. The molecular weight excluding hydrogens is 438 g/mol. The van der Waals surface area contributed by atoms with Crippen LogP contribution in [0.1, 0.15) is 21.7 Å². The van der Waals surface area contributed by atoms with Crippen LogP contribution in [-0.2, 0) is 11.3 Å². The lowest BCUT2D eigenvalue weighted by Gasteiger charge is -2.10. The average molecular weight is 458 g/mol. The van der Waals surface area contributed by atoms with E-state index < -0.39 is 5.97 Å². The van der Waals surface area contributed by atoms with E-state index in [-0.39, 0.29) is 12.2 Å². The molecule has 0 radical (unpaired) electrons. The van der Waals surface area contributed by atoms with Gasteiger partial charge in [-0.25, -0.2) is 14.8 Å². The molecule has 0 spiro atoms. The highest BCUT2D eigenvalue weighted by molar-refractivity contribution is 7.15. The van der Waals surface area contributed by atoms with Gasteiger partial charge >= 0.3 is 5.97 Å². The van der Waals surface area contributed by atoms with E-state index >= 15 is 0 Å². The number of aromatic nitrogens is 3. The normalized spacial score (nSPS) is 11.1. The number of rotatable bonds is 5. The van der Waals surface area contributed by atoms with Crippen molar-refractivity contribution in [3.8, 4) is 17.0 Å². The number of nitrogens with zero attached hydrogens (tertiary/aromatic N) is 3. The molecule has 0 N–H and O–H groups in total. The Morgan fingerprint density at radius 1 is 1.06 bits per heavy atom. The first kappa shape index (κ1) is 20.8. The number of fused-ring (bicyclic) bond motifs is 2. The SMILES string of the molecule is COc1ccc(-c2cc(C(=O)OCc3cc(=O)n4c(C)csc4n3)c3ccccc3n2)cc1. The number of carbonyl (C=O) groups is 1. The molecule has 0 fully saturated rings. The van der Waals surface area contributed by atoms with Gasteiger partial charge in [-0.3, -0.25) is 9.20 Å². The second-order valence-corrected chi connectivity index (χ2v) is 8.29. The van der Waals surface area contributed by atoms with Crippen LogP contribution in [0.25, 0.3) is 27.1 Å². The third-order valence-corrected chi connectivity index (χ3v) is 6.25. The maximum Gasteiger partial charge on any atom is 0.339 e. The third kappa shape index (κ3) is 3.96. The number of thiazole rings is 1. The van der Waals surface area contributed by atoms with Gasteiger partial charge in [-0.2, -0.15) is 0 Å². The molecule has 3 heterocycles. The molecule has 2 aromatic carbocycles. The Bertz CT molecular complexity index is 1550. The first-order valence-electron chi connectivity index (χ1n) is 10.2. The van der Waals surface area contributed by atoms with Crippen LogP contribution in [0.2, 0.25) is 0 Å². The topological polar surface area (TPSA) is 82.8 Å². The Kier molecular flexibility index (Phi) is 5.35. The summed E-state index contributed by atoms with van der Waals surface area (Å²) in [5, 5.41) is 2.56. The molecule has 7 nitrogen and oxygen atoms in total. The van der Waals surface area contributed by atoms with E-state index in [1.165, 1.54) is 21.8 Å². The zero-order valence-electron chi connectivity index (χ0n) is 17.9. The minimum atomic E-state index is -0.507. The standard InChI is InChI=1S/C25H19N3O4S/c1-15-14-33-25-26-17(11-23(29)28(15)25)13-32-24(30)20-12-22(16-7-9-18(31-2)10-8-16)27-21-6-4-3-5-19(20)21/h3-12,14H,13H2,1-2H3. The number of hydrogen-bond donors (Lipinski definition) is 0. The van der Waals surface area contributed by atoms with Crippen LogP contribution in [-0.4, -0.2) is 27.4 Å². The summed E-state index contributed by atoms with van der Waals surface area (Å²) in [7, 11) is 1.61. The van der Waals surface area contributed by atoms with E-state index in [2.05, 4.69) is 4.98 Å². The maximum absolute atomic E-state index is 13.1. The molecule has 33 heavy (non-hydrogen) atoms. The Balaban J connectivity index is 1.48. The lowest BCUT2D eigenvalue weighted by atomic mass is 10.0. The molecule has 3 aromatic heterocycles. The molecule has 0 saturated carbocycles. The summed E-state index contributed by atoms with van der Waals surface area (Å²) in [4.78, 5) is 35.2. The quantitative estimate of drug-likeness (QED) is 0.358. The lowest BCUT2D eigenvalue weighted by molar-refractivity contribution is 0.0470. The molecular formula is C25H19N3O4S. The molecule has 5 aromatic rings. The number of ether oxygens (including phenoxy) is 2. The number of pyridine rings is 1. The van der Waals surface area contributed by atoms with Gasteiger partial charge in [0.25, 0.3) is 5.56 Å². The van der Waals surface area contributed by atoms with Gasteiger partial charge in [0.1, 0.15) is 12.4 Å². The molecule has 0 bridgehead atoms. The van der Waals surface area contributed by atoms with Crippen molar-refractivity contribution in [2.75, 3.05) is 7.11 Å². The fourth-order valence-corrected chi connectivity index (χ4v) is 4.54. The van der Waals surface area contributed by atoms with Crippen molar-refractivity contribution in [1.29, 1.82) is 0 Å². The second-order valence-electron chi connectivity index (χ2n) is 7.46. The number of para-hydroxylation sites is 1. The average Bonchev–Trinajstić information content (AvgIpc) is 3.22. The highest BCUT2D eigenvalue weighted by atomic mass is 32.1. The fraction of sp³-hybridized carbons (Fsp3) is 0.120. The van der Waals surface area contributed by atoms with Crippen LogP contribution in [0.5, 0.6) is 5.75 Å². The largest absolute Gasteiger partial charge is 0.497 e. The van der Waals surface area contributed by atoms with Crippen molar-refractivity contribution < 1.29 is 14.3 Å². The van der Waals surface area contributed by atoms with E-state index in [9.17, 15) is 9.59 Å². The zero-order valence-corrected chi connectivity index (χ0v) is 18.8. The first-order chi connectivity index (χ1) is 16.0. The predicted octanol–water partition coefficient (Wildman–Crippen LogP) is 4.65. The molecule has 0 atom stereocenters. The molecule has 0 amide bonds. The van der Waals surface area contributed by atoms with Crippen molar-refractivity contribution in [3.63, 3.8) is 0 Å². The minimum absolute atomic E-state index is 0.101. The van der Waals surface area contributed by atoms with E-state index in [1.807, 2.05) is 60.8 Å². The molecule has 0 aliphatic heterocycles. The molecule has 0 aliphatic carbocycles. The molecule has 0 saturated heterocycles. The van der Waals surface area contributed by atoms with Crippen LogP contribution in [0.3, 0.4) is 0 Å². The van der Waals surface area contributed by atoms with Crippen molar-refractivity contribution in [2.24, 2.45) is 0 Å². The fourth-order valence-electron chi connectivity index (χ4n) is 3.65. The van der Waals surface area contributed by atoms with Gasteiger partial charge in [0.05, 0.1) is 29.6 Å². The Morgan fingerprint density at radius 2 is 1.85 bits per heavy atom. The van der Waals surface area contributed by atoms with E-state index in [0.717, 1.165) is 17.0 Å². The van der Waals surface area contributed by atoms with Crippen molar-refractivity contribution in [2.45, 2.75) is 13.5 Å². The van der Waals surface area contributed by atoms with Crippen LogP contribution in [0.4, 0.5) is 0 Å². The highest BCUT2D eigenvalue weighted by Crippen LogP contribution is 2.27. The summed E-state index contributed by atoms with van der Waals surface area (Å²) in [5.74, 6) is 0.230. The zero-order chi connectivity index (χ0) is 22.9. The van der Waals surface area contributed by atoms with Gasteiger partial charge in [0, 0.05) is 28.1 Å². The first-order valence-corrected chi connectivity index (χ1v) is 11.1. The molecule has 0 unspecified atom stereocenters. The van der Waals surface area contributed by atoms with E-state index in [4.69, 9.17) is 14.5 Å². The smallest absolute Gasteiger partial charge is 0.339 e. The Labute approximate surface area is 192 Å². The maximum atomic E-state index is 13.1. The summed E-state index contributed by atoms with van der Waals surface area (Å²) >= 11 is 1.37. The van der Waals surface area contributed by atoms with Gasteiger partial charge in [0.2, 0.25) is 0 Å². The van der Waals surface area contributed by atoms with Crippen molar-refractivity contribution in [1.82, 2.24) is 14.4 Å². The molecule has 5 rings (SSSR count). The van der Waals surface area contributed by atoms with Gasteiger partial charge in [-0.15, -0.1) is 11.3 Å². The molecule has 0 aliphatic rings. The van der Waals surface area contributed by atoms with Crippen molar-refractivity contribution >= 4 is 33.2 Å². The summed E-state index contributed by atoms with van der Waals surface area (Å²) < 4.78 is 12.3. The summed E-state index contributed by atoms with van der Waals surface area (Å²) in [5.41, 5.74) is 3.62. The summed E-state index contributed by atoms with van der Waals surface area (Å²) in [6, 6.07) is 18.0. The summed E-state index contributed by atoms with van der Waals surface area (Å²) in [6.07, 6.45) is 0. The van der Waals surface area contributed by atoms with Crippen LogP contribution < -0.4 is 10.3 Å². The van der Waals surface area contributed by atoms with Crippen LogP contribution in [0.15, 0.2) is 70.8 Å². The number of aryl methyl sites for hydroxylation is 1. The van der Waals surface area contributed by atoms with Crippen LogP contribution in [0, 0.1) is 6.92 Å². The van der Waals surface area contributed by atoms with Gasteiger partial charge in [0.15, 0.2) is 4.96 Å². The van der Waals surface area contributed by atoms with Gasteiger partial charge in [-0.05, 0) is 43.3 Å². The second kappa shape index (κ2) is 8.48. The highest BCUT2D eigenvalue weighted by Gasteiger charge is 2.16. The summed E-state index contributed by atoms with van der Waals surface area (Å²) in [6.45, 7) is 1.75. The monoisotopic (exact) mass is 457 g/mol. The van der Waals surface area contributed by atoms with E-state index in [0.29, 0.717) is 32.8 Å². The van der Waals surface area contributed by atoms with Crippen LogP contribution >= 0.6 is 11.3 Å².